The van der Waals surface area contributed by atoms with Crippen LogP contribution in [0.15, 0.2) is 39.8 Å². The molecule has 1 aromatic carbocycles. The summed E-state index contributed by atoms with van der Waals surface area (Å²) in [4.78, 5) is 14.8. The molecule has 22 heavy (non-hydrogen) atoms. The zero-order valence-corrected chi connectivity index (χ0v) is 14.6. The van der Waals surface area contributed by atoms with Gasteiger partial charge in [0.05, 0.1) is 12.0 Å². The molecule has 120 valence electrons. The standard InChI is InChI=1S/C18H25NO2S/c1-5-15-12(3)11-16(19-6-2)18(17(15)20)22-14-9-7-13(21-4)8-10-14/h7-10,12,15,19H,5-6,11H2,1-4H3/t12?,15-/m0/s1. The molecule has 0 heterocycles. The molecule has 0 aliphatic heterocycles. The van der Waals surface area contributed by atoms with Gasteiger partial charge in [0.25, 0.3) is 0 Å². The molecule has 0 radical (unpaired) electrons. The third kappa shape index (κ3) is 3.67. The van der Waals surface area contributed by atoms with Gasteiger partial charge in [0.1, 0.15) is 5.75 Å². The lowest BCUT2D eigenvalue weighted by Gasteiger charge is -2.31. The minimum Gasteiger partial charge on any atom is -0.497 e. The van der Waals surface area contributed by atoms with Crippen LogP contribution in [0, 0.1) is 11.8 Å². The van der Waals surface area contributed by atoms with E-state index in [9.17, 15) is 4.79 Å². The lowest BCUT2D eigenvalue weighted by atomic mass is 9.80. The van der Waals surface area contributed by atoms with Crippen molar-refractivity contribution < 1.29 is 9.53 Å². The number of hydrogen-bond donors (Lipinski definition) is 1. The summed E-state index contributed by atoms with van der Waals surface area (Å²) in [6.45, 7) is 7.20. The fourth-order valence-corrected chi connectivity index (χ4v) is 4.00. The number of allylic oxidation sites excluding steroid dienone is 2. The van der Waals surface area contributed by atoms with Gasteiger partial charge in [0.15, 0.2) is 5.78 Å². The van der Waals surface area contributed by atoms with Crippen molar-refractivity contribution in [2.24, 2.45) is 11.8 Å². The summed E-state index contributed by atoms with van der Waals surface area (Å²) in [5.41, 5.74) is 1.10. The highest BCUT2D eigenvalue weighted by molar-refractivity contribution is 8.04. The van der Waals surface area contributed by atoms with E-state index in [0.29, 0.717) is 5.92 Å². The number of nitrogens with one attached hydrogen (secondary N) is 1. The summed E-state index contributed by atoms with van der Waals surface area (Å²) in [5.74, 6) is 1.67. The molecule has 1 aromatic rings. The van der Waals surface area contributed by atoms with Gasteiger partial charge in [0.2, 0.25) is 0 Å². The number of hydrogen-bond acceptors (Lipinski definition) is 4. The van der Waals surface area contributed by atoms with Crippen LogP contribution >= 0.6 is 11.8 Å². The number of ether oxygens (including phenoxy) is 1. The number of Topliss-reactive ketones (excluding diaryl/α,β-unsaturated/α-hetero) is 1. The molecule has 0 bridgehead atoms. The first kappa shape index (κ1) is 16.9. The zero-order chi connectivity index (χ0) is 16.1. The van der Waals surface area contributed by atoms with Crippen LogP contribution in [0.5, 0.6) is 5.75 Å². The quantitative estimate of drug-likeness (QED) is 0.851. The molecule has 3 nitrogen and oxygen atoms in total. The highest BCUT2D eigenvalue weighted by atomic mass is 32.2. The van der Waals surface area contributed by atoms with Gasteiger partial charge in [-0.3, -0.25) is 4.79 Å². The molecule has 0 saturated heterocycles. The van der Waals surface area contributed by atoms with Crippen LogP contribution in [-0.2, 0) is 4.79 Å². The maximum absolute atomic E-state index is 12.8. The largest absolute Gasteiger partial charge is 0.497 e. The normalized spacial score (nSPS) is 21.9. The van der Waals surface area contributed by atoms with Gasteiger partial charge in [-0.2, -0.15) is 0 Å². The third-order valence-corrected chi connectivity index (χ3v) is 5.32. The molecule has 0 fully saturated rings. The topological polar surface area (TPSA) is 38.3 Å². The molecule has 0 aromatic heterocycles. The zero-order valence-electron chi connectivity index (χ0n) is 13.8. The molecule has 4 heteroatoms. The predicted molar refractivity (Wildman–Crippen MR) is 92.1 cm³/mol. The Morgan fingerprint density at radius 3 is 2.50 bits per heavy atom. The minimum absolute atomic E-state index is 0.142. The Morgan fingerprint density at radius 1 is 1.27 bits per heavy atom. The van der Waals surface area contributed by atoms with Crippen LogP contribution in [0.3, 0.4) is 0 Å². The van der Waals surface area contributed by atoms with Crippen molar-refractivity contribution in [3.05, 3.63) is 34.9 Å². The van der Waals surface area contributed by atoms with E-state index in [2.05, 4.69) is 26.1 Å². The number of ketones is 1. The van der Waals surface area contributed by atoms with Crippen LogP contribution in [0.4, 0.5) is 0 Å². The first-order chi connectivity index (χ1) is 10.6. The second kappa shape index (κ2) is 7.73. The number of thioether (sulfide) groups is 1. The summed E-state index contributed by atoms with van der Waals surface area (Å²) in [6, 6.07) is 7.88. The van der Waals surface area contributed by atoms with Crippen molar-refractivity contribution in [2.45, 2.75) is 38.5 Å². The van der Waals surface area contributed by atoms with Gasteiger partial charge in [-0.15, -0.1) is 0 Å². The number of rotatable bonds is 6. The van der Waals surface area contributed by atoms with E-state index in [1.54, 1.807) is 18.9 Å². The van der Waals surface area contributed by atoms with E-state index in [4.69, 9.17) is 4.74 Å². The smallest absolute Gasteiger partial charge is 0.174 e. The fourth-order valence-electron chi connectivity index (χ4n) is 2.96. The Kier molecular flexibility index (Phi) is 5.95. The van der Waals surface area contributed by atoms with Gasteiger partial charge >= 0.3 is 0 Å². The summed E-state index contributed by atoms with van der Waals surface area (Å²) >= 11 is 1.57. The highest BCUT2D eigenvalue weighted by Crippen LogP contribution is 2.40. The SMILES string of the molecule is CCNC1=C(Sc2ccc(OC)cc2)C(=O)[C@@H](CC)C(C)C1. The third-order valence-electron chi connectivity index (χ3n) is 4.16. The van der Waals surface area contributed by atoms with Crippen molar-refractivity contribution in [3.8, 4) is 5.75 Å². The molecule has 1 unspecified atom stereocenters. The summed E-state index contributed by atoms with van der Waals surface area (Å²) < 4.78 is 5.19. The molecule has 2 rings (SSSR count). The van der Waals surface area contributed by atoms with Crippen molar-refractivity contribution in [1.29, 1.82) is 0 Å². The van der Waals surface area contributed by atoms with Gasteiger partial charge in [-0.25, -0.2) is 0 Å². The lowest BCUT2D eigenvalue weighted by Crippen LogP contribution is -2.32. The van der Waals surface area contributed by atoms with Crippen LogP contribution in [-0.4, -0.2) is 19.4 Å². The Balaban J connectivity index is 2.28. The molecule has 0 saturated carbocycles. The first-order valence-corrected chi connectivity index (χ1v) is 8.75. The van der Waals surface area contributed by atoms with E-state index >= 15 is 0 Å². The van der Waals surface area contributed by atoms with E-state index in [-0.39, 0.29) is 11.7 Å². The molecule has 0 spiro atoms. The average molecular weight is 319 g/mol. The van der Waals surface area contributed by atoms with E-state index in [0.717, 1.165) is 40.6 Å². The average Bonchev–Trinajstić information content (AvgIpc) is 2.52. The molecule has 0 amide bonds. The number of carbonyl (C=O) groups is 1. The fraction of sp³-hybridized carbons (Fsp3) is 0.500. The first-order valence-electron chi connectivity index (χ1n) is 7.93. The summed E-state index contributed by atoms with van der Waals surface area (Å²) in [7, 11) is 1.66. The maximum atomic E-state index is 12.8. The number of methoxy groups -OCH3 is 1. The van der Waals surface area contributed by atoms with Gasteiger partial charge in [0, 0.05) is 23.1 Å². The van der Waals surface area contributed by atoms with Gasteiger partial charge < -0.3 is 10.1 Å². The molecule has 1 aliphatic rings. The molecular weight excluding hydrogens is 294 g/mol. The van der Waals surface area contributed by atoms with Crippen LogP contribution in [0.2, 0.25) is 0 Å². The summed E-state index contributed by atoms with van der Waals surface area (Å²) in [6.07, 6.45) is 1.86. The van der Waals surface area contributed by atoms with Crippen LogP contribution < -0.4 is 10.1 Å². The molecule has 1 aliphatic carbocycles. The second-order valence-corrected chi connectivity index (χ2v) is 6.76. The molecule has 2 atom stereocenters. The Labute approximate surface area is 137 Å². The summed E-state index contributed by atoms with van der Waals surface area (Å²) in [5, 5.41) is 3.40. The van der Waals surface area contributed by atoms with Crippen molar-refractivity contribution in [3.63, 3.8) is 0 Å². The number of benzene rings is 1. The van der Waals surface area contributed by atoms with Crippen molar-refractivity contribution in [2.75, 3.05) is 13.7 Å². The van der Waals surface area contributed by atoms with Gasteiger partial charge in [-0.1, -0.05) is 25.6 Å². The Bertz CT molecular complexity index is 551. The predicted octanol–water partition coefficient (Wildman–Crippen LogP) is 4.24. The highest BCUT2D eigenvalue weighted by Gasteiger charge is 2.34. The van der Waals surface area contributed by atoms with E-state index in [1.807, 2.05) is 24.3 Å². The Morgan fingerprint density at radius 2 is 1.95 bits per heavy atom. The van der Waals surface area contributed by atoms with Crippen molar-refractivity contribution >= 4 is 17.5 Å². The van der Waals surface area contributed by atoms with E-state index < -0.39 is 0 Å². The van der Waals surface area contributed by atoms with Gasteiger partial charge in [-0.05, 0) is 49.9 Å². The van der Waals surface area contributed by atoms with Crippen molar-refractivity contribution in [1.82, 2.24) is 5.32 Å². The minimum atomic E-state index is 0.142. The van der Waals surface area contributed by atoms with E-state index in [1.165, 1.54) is 0 Å². The van der Waals surface area contributed by atoms with Crippen LogP contribution in [0.25, 0.3) is 0 Å². The monoisotopic (exact) mass is 319 g/mol. The Hall–Kier alpha value is -1.42. The maximum Gasteiger partial charge on any atom is 0.174 e. The number of carbonyl (C=O) groups excluding carboxylic acids is 1. The molecule has 1 N–H and O–H groups in total. The van der Waals surface area contributed by atoms with Crippen LogP contribution in [0.1, 0.15) is 33.6 Å². The molecular formula is C18H25NO2S. The lowest BCUT2D eigenvalue weighted by molar-refractivity contribution is -0.120. The second-order valence-electron chi connectivity index (χ2n) is 5.68.